The number of H-pyrrole nitrogens is 2. The van der Waals surface area contributed by atoms with Crippen LogP contribution in [0.15, 0.2) is 43.0 Å². The SMILES string of the molecule is CN(C)C(=O)Nc1cncc(-c2cnc3[nH]nc(-c4nc5c(C(=O)N6CCOCC6)ccnc5[nH]4)c3c2)c1. The summed E-state index contributed by atoms with van der Waals surface area (Å²) in [5.41, 5.74) is 4.68. The monoisotopic (exact) mass is 512 g/mol. The lowest BCUT2D eigenvalue weighted by atomic mass is 10.1. The Morgan fingerprint density at radius 2 is 1.87 bits per heavy atom. The van der Waals surface area contributed by atoms with Crippen LogP contribution in [0.5, 0.6) is 0 Å². The number of nitrogens with zero attached hydrogens (tertiary/aromatic N) is 7. The molecule has 5 aromatic heterocycles. The number of urea groups is 1. The predicted octanol–water partition coefficient (Wildman–Crippen LogP) is 2.52. The van der Waals surface area contributed by atoms with E-state index in [9.17, 15) is 9.59 Å². The van der Waals surface area contributed by atoms with E-state index in [-0.39, 0.29) is 11.9 Å². The molecule has 0 aliphatic carbocycles. The van der Waals surface area contributed by atoms with Crippen LogP contribution in [-0.4, -0.2) is 97.3 Å². The van der Waals surface area contributed by atoms with Gasteiger partial charge in [-0.05, 0) is 18.2 Å². The number of ether oxygens (including phenoxy) is 1. The molecule has 1 aliphatic heterocycles. The molecular formula is C25H24N10O3. The molecule has 192 valence electrons. The first-order chi connectivity index (χ1) is 18.5. The summed E-state index contributed by atoms with van der Waals surface area (Å²) in [5, 5.41) is 10.9. The Hall–Kier alpha value is -4.91. The molecule has 13 nitrogen and oxygen atoms in total. The van der Waals surface area contributed by atoms with Crippen LogP contribution in [0.4, 0.5) is 10.5 Å². The van der Waals surface area contributed by atoms with E-state index in [0.717, 1.165) is 16.5 Å². The molecule has 0 bridgehead atoms. The number of morpholine rings is 1. The number of fused-ring (bicyclic) bond motifs is 2. The van der Waals surface area contributed by atoms with E-state index in [1.807, 2.05) is 12.1 Å². The minimum absolute atomic E-state index is 0.108. The van der Waals surface area contributed by atoms with Crippen LogP contribution in [0.2, 0.25) is 0 Å². The highest BCUT2D eigenvalue weighted by atomic mass is 16.5. The van der Waals surface area contributed by atoms with Gasteiger partial charge in [-0.1, -0.05) is 0 Å². The van der Waals surface area contributed by atoms with Crippen molar-refractivity contribution < 1.29 is 14.3 Å². The minimum Gasteiger partial charge on any atom is -0.378 e. The minimum atomic E-state index is -0.250. The fourth-order valence-corrected chi connectivity index (χ4v) is 4.28. The Labute approximate surface area is 216 Å². The summed E-state index contributed by atoms with van der Waals surface area (Å²) in [6, 6.07) is 5.18. The van der Waals surface area contributed by atoms with Gasteiger partial charge < -0.3 is 24.8 Å². The molecule has 1 saturated heterocycles. The molecule has 0 aromatic carbocycles. The van der Waals surface area contributed by atoms with Crippen molar-refractivity contribution in [3.63, 3.8) is 0 Å². The van der Waals surface area contributed by atoms with Crippen LogP contribution in [0.1, 0.15) is 10.4 Å². The first-order valence-electron chi connectivity index (χ1n) is 12.0. The number of carbonyl (C=O) groups is 2. The second-order valence-corrected chi connectivity index (χ2v) is 9.02. The van der Waals surface area contributed by atoms with Crippen LogP contribution in [0, 0.1) is 0 Å². The summed E-state index contributed by atoms with van der Waals surface area (Å²) in [6.45, 7) is 2.10. The molecule has 5 aromatic rings. The molecule has 13 heteroatoms. The van der Waals surface area contributed by atoms with Gasteiger partial charge >= 0.3 is 6.03 Å². The fraction of sp³-hybridized carbons (Fsp3) is 0.240. The standard InChI is InChI=1S/C25H24N10O3/c1-34(2)25(37)29-16-9-14(11-26-13-16)15-10-18-20(32-33-21(18)28-12-15)23-30-19-17(3-4-27-22(19)31-23)24(36)35-5-7-38-8-6-35/h3-4,9-13H,5-8H2,1-2H3,(H,29,37)(H,27,30,31)(H,28,32,33). The number of aromatic nitrogens is 7. The maximum atomic E-state index is 13.2. The van der Waals surface area contributed by atoms with Gasteiger partial charge in [0.2, 0.25) is 0 Å². The van der Waals surface area contributed by atoms with Crippen molar-refractivity contribution in [3.05, 3.63) is 48.5 Å². The summed E-state index contributed by atoms with van der Waals surface area (Å²) in [7, 11) is 3.33. The first-order valence-corrected chi connectivity index (χ1v) is 12.0. The van der Waals surface area contributed by atoms with E-state index < -0.39 is 0 Å². The van der Waals surface area contributed by atoms with Crippen molar-refractivity contribution in [2.45, 2.75) is 0 Å². The molecule has 0 unspecified atom stereocenters. The van der Waals surface area contributed by atoms with E-state index in [1.165, 1.54) is 4.90 Å². The Kier molecular flexibility index (Phi) is 5.88. The van der Waals surface area contributed by atoms with E-state index in [4.69, 9.17) is 9.72 Å². The summed E-state index contributed by atoms with van der Waals surface area (Å²) >= 11 is 0. The van der Waals surface area contributed by atoms with Gasteiger partial charge in [0.15, 0.2) is 17.1 Å². The number of carbonyl (C=O) groups excluding carboxylic acids is 2. The number of nitrogens with one attached hydrogen (secondary N) is 3. The van der Waals surface area contributed by atoms with Gasteiger partial charge in [0.25, 0.3) is 5.91 Å². The fourth-order valence-electron chi connectivity index (χ4n) is 4.28. The smallest absolute Gasteiger partial charge is 0.321 e. The number of amides is 3. The molecule has 3 N–H and O–H groups in total. The second kappa shape index (κ2) is 9.52. The van der Waals surface area contributed by atoms with E-state index >= 15 is 0 Å². The topological polar surface area (TPSA) is 158 Å². The third-order valence-corrected chi connectivity index (χ3v) is 6.28. The predicted molar refractivity (Wildman–Crippen MR) is 139 cm³/mol. The average molecular weight is 513 g/mol. The number of rotatable bonds is 4. The largest absolute Gasteiger partial charge is 0.378 e. The quantitative estimate of drug-likeness (QED) is 0.331. The lowest BCUT2D eigenvalue weighted by molar-refractivity contribution is 0.0304. The van der Waals surface area contributed by atoms with Crippen LogP contribution < -0.4 is 5.32 Å². The number of imidazole rings is 1. The molecule has 0 saturated carbocycles. The maximum absolute atomic E-state index is 13.2. The van der Waals surface area contributed by atoms with Crippen molar-refractivity contribution in [3.8, 4) is 22.6 Å². The Balaban J connectivity index is 1.36. The number of pyridine rings is 3. The van der Waals surface area contributed by atoms with Gasteiger partial charge in [-0.25, -0.2) is 19.7 Å². The third-order valence-electron chi connectivity index (χ3n) is 6.28. The van der Waals surface area contributed by atoms with Gasteiger partial charge in [-0.15, -0.1) is 0 Å². The molecule has 0 spiro atoms. The van der Waals surface area contributed by atoms with Gasteiger partial charge in [0.1, 0.15) is 11.2 Å². The maximum Gasteiger partial charge on any atom is 0.321 e. The highest BCUT2D eigenvalue weighted by Gasteiger charge is 2.23. The van der Waals surface area contributed by atoms with Gasteiger partial charge in [0, 0.05) is 56.9 Å². The zero-order valence-corrected chi connectivity index (χ0v) is 20.7. The number of aromatic amines is 2. The molecule has 38 heavy (non-hydrogen) atoms. The Bertz CT molecular complexity index is 1670. The van der Waals surface area contributed by atoms with Crippen LogP contribution in [-0.2, 0) is 4.74 Å². The molecule has 0 atom stereocenters. The number of hydrogen-bond donors (Lipinski definition) is 3. The van der Waals surface area contributed by atoms with Gasteiger partial charge in [-0.3, -0.25) is 14.9 Å². The van der Waals surface area contributed by atoms with E-state index in [2.05, 4.69) is 35.5 Å². The highest BCUT2D eigenvalue weighted by molar-refractivity contribution is 6.05. The highest BCUT2D eigenvalue weighted by Crippen LogP contribution is 2.30. The van der Waals surface area contributed by atoms with Crippen LogP contribution in [0.3, 0.4) is 0 Å². The summed E-state index contributed by atoms with van der Waals surface area (Å²) in [5.74, 6) is 0.355. The van der Waals surface area contributed by atoms with Gasteiger partial charge in [0.05, 0.1) is 36.0 Å². The molecule has 6 heterocycles. The summed E-state index contributed by atoms with van der Waals surface area (Å²) in [6.07, 6.45) is 6.58. The van der Waals surface area contributed by atoms with Crippen molar-refractivity contribution in [1.82, 2.24) is 44.9 Å². The summed E-state index contributed by atoms with van der Waals surface area (Å²) < 4.78 is 5.37. The molecular weight excluding hydrogens is 488 g/mol. The lowest BCUT2D eigenvalue weighted by Crippen LogP contribution is -2.40. The zero-order chi connectivity index (χ0) is 26.2. The van der Waals surface area contributed by atoms with Gasteiger partial charge in [-0.2, -0.15) is 5.10 Å². The number of anilines is 1. The molecule has 1 fully saturated rings. The average Bonchev–Trinajstić information content (AvgIpc) is 3.57. The summed E-state index contributed by atoms with van der Waals surface area (Å²) in [4.78, 5) is 49.5. The molecule has 3 amide bonds. The van der Waals surface area contributed by atoms with E-state index in [1.54, 1.807) is 49.8 Å². The normalized spacial score (nSPS) is 13.7. The second-order valence-electron chi connectivity index (χ2n) is 9.02. The Morgan fingerprint density at radius 1 is 1.05 bits per heavy atom. The number of hydrogen-bond acceptors (Lipinski definition) is 8. The lowest BCUT2D eigenvalue weighted by Gasteiger charge is -2.26. The molecule has 6 rings (SSSR count). The van der Waals surface area contributed by atoms with Crippen LogP contribution >= 0.6 is 0 Å². The van der Waals surface area contributed by atoms with Crippen molar-refractivity contribution in [1.29, 1.82) is 0 Å². The van der Waals surface area contributed by atoms with Crippen molar-refractivity contribution in [2.75, 3.05) is 45.7 Å². The van der Waals surface area contributed by atoms with Crippen molar-refractivity contribution >= 4 is 39.8 Å². The molecule has 0 radical (unpaired) electrons. The third kappa shape index (κ3) is 4.28. The van der Waals surface area contributed by atoms with Crippen molar-refractivity contribution in [2.24, 2.45) is 0 Å². The first kappa shape index (κ1) is 23.5. The van der Waals surface area contributed by atoms with E-state index in [0.29, 0.717) is 65.9 Å². The molecule has 1 aliphatic rings. The van der Waals surface area contributed by atoms with Crippen LogP contribution in [0.25, 0.3) is 44.8 Å². The zero-order valence-electron chi connectivity index (χ0n) is 20.7. The Morgan fingerprint density at radius 3 is 2.68 bits per heavy atom.